The Labute approximate surface area is 195 Å². The van der Waals surface area contributed by atoms with E-state index in [1.807, 2.05) is 13.1 Å². The molecule has 2 heterocycles. The van der Waals surface area contributed by atoms with Crippen molar-refractivity contribution in [3.05, 3.63) is 71.2 Å². The molecule has 0 aliphatic carbocycles. The molecule has 2 aromatic heterocycles. The van der Waals surface area contributed by atoms with Crippen LogP contribution in [0.2, 0.25) is 0 Å². The second kappa shape index (κ2) is 10.7. The summed E-state index contributed by atoms with van der Waals surface area (Å²) in [7, 11) is 3.35. The van der Waals surface area contributed by atoms with E-state index in [0.717, 1.165) is 58.4 Å². The van der Waals surface area contributed by atoms with Crippen LogP contribution in [0.5, 0.6) is 11.5 Å². The monoisotopic (exact) mass is 458 g/mol. The Kier molecular flexibility index (Phi) is 8.49. The van der Waals surface area contributed by atoms with Gasteiger partial charge in [-0.05, 0) is 66.6 Å². The fourth-order valence-electron chi connectivity index (χ4n) is 3.86. The number of halogens is 2. The van der Waals surface area contributed by atoms with Gasteiger partial charge in [0.15, 0.2) is 11.5 Å². The second-order valence-electron chi connectivity index (χ2n) is 7.39. The minimum atomic E-state index is 0. The van der Waals surface area contributed by atoms with Gasteiger partial charge < -0.3 is 9.47 Å². The van der Waals surface area contributed by atoms with Gasteiger partial charge in [-0.15, -0.1) is 24.8 Å². The first kappa shape index (κ1) is 24.7. The fraction of sp³-hybridized carbons (Fsp3) is 0.280. The SMILES string of the molecule is CCCc1ncc(Cc2ccc3nc(C)ccc3c2)c2cc(OC)c(OC)cc12.Cl.Cl. The first-order valence-electron chi connectivity index (χ1n) is 10.0. The number of aromatic nitrogens is 2. The second-order valence-corrected chi connectivity index (χ2v) is 7.39. The smallest absolute Gasteiger partial charge is 0.161 e. The van der Waals surface area contributed by atoms with Gasteiger partial charge >= 0.3 is 0 Å². The number of pyridine rings is 2. The zero-order chi connectivity index (χ0) is 20.4. The quantitative estimate of drug-likeness (QED) is 0.330. The summed E-state index contributed by atoms with van der Waals surface area (Å²) >= 11 is 0. The number of hydrogen-bond acceptors (Lipinski definition) is 4. The highest BCUT2D eigenvalue weighted by atomic mass is 35.5. The van der Waals surface area contributed by atoms with Crippen LogP contribution in [0.25, 0.3) is 21.7 Å². The summed E-state index contributed by atoms with van der Waals surface area (Å²) in [4.78, 5) is 9.39. The number of methoxy groups -OCH3 is 2. The lowest BCUT2D eigenvalue weighted by Gasteiger charge is -2.15. The molecule has 0 unspecified atom stereocenters. The third kappa shape index (κ3) is 5.03. The summed E-state index contributed by atoms with van der Waals surface area (Å²) in [5, 5.41) is 3.47. The topological polar surface area (TPSA) is 44.2 Å². The van der Waals surface area contributed by atoms with Crippen LogP contribution in [0.3, 0.4) is 0 Å². The van der Waals surface area contributed by atoms with E-state index in [1.165, 1.54) is 16.5 Å². The maximum absolute atomic E-state index is 5.56. The third-order valence-electron chi connectivity index (χ3n) is 5.33. The molecule has 0 fully saturated rings. The van der Waals surface area contributed by atoms with Crippen LogP contribution in [-0.2, 0) is 12.8 Å². The largest absolute Gasteiger partial charge is 0.493 e. The molecule has 0 atom stereocenters. The summed E-state index contributed by atoms with van der Waals surface area (Å²) in [6.07, 6.45) is 4.80. The van der Waals surface area contributed by atoms with Crippen LogP contribution in [0.4, 0.5) is 0 Å². The number of ether oxygens (including phenoxy) is 2. The van der Waals surface area contributed by atoms with Crippen molar-refractivity contribution in [2.75, 3.05) is 14.2 Å². The lowest BCUT2D eigenvalue weighted by molar-refractivity contribution is 0.356. The van der Waals surface area contributed by atoms with E-state index in [4.69, 9.17) is 14.5 Å². The molecule has 0 bridgehead atoms. The van der Waals surface area contributed by atoms with E-state index in [-0.39, 0.29) is 24.8 Å². The van der Waals surface area contributed by atoms with Crippen molar-refractivity contribution in [2.45, 2.75) is 33.1 Å². The van der Waals surface area contributed by atoms with Crippen LogP contribution in [0, 0.1) is 6.92 Å². The van der Waals surface area contributed by atoms with Crippen molar-refractivity contribution in [2.24, 2.45) is 0 Å². The van der Waals surface area contributed by atoms with Gasteiger partial charge in [0.05, 0.1) is 19.7 Å². The Bertz CT molecular complexity index is 1200. The van der Waals surface area contributed by atoms with Gasteiger partial charge in [0.2, 0.25) is 0 Å². The molecule has 0 amide bonds. The Hall–Kier alpha value is -2.56. The molecule has 4 rings (SSSR count). The van der Waals surface area contributed by atoms with Gasteiger partial charge in [0, 0.05) is 28.4 Å². The van der Waals surface area contributed by atoms with Gasteiger partial charge in [-0.2, -0.15) is 0 Å². The highest BCUT2D eigenvalue weighted by Gasteiger charge is 2.14. The Morgan fingerprint density at radius 1 is 0.871 bits per heavy atom. The Balaban J connectivity index is 0.00000171. The van der Waals surface area contributed by atoms with Crippen molar-refractivity contribution in [3.63, 3.8) is 0 Å². The molecule has 0 saturated carbocycles. The molecule has 31 heavy (non-hydrogen) atoms. The maximum atomic E-state index is 5.56. The lowest BCUT2D eigenvalue weighted by atomic mass is 9.97. The molecule has 0 aliphatic rings. The molecule has 0 aliphatic heterocycles. The highest BCUT2D eigenvalue weighted by molar-refractivity contribution is 5.91. The molecule has 2 aromatic carbocycles. The number of hydrogen-bond donors (Lipinski definition) is 0. The molecular formula is C25H28Cl2N2O2. The first-order chi connectivity index (χ1) is 14.1. The van der Waals surface area contributed by atoms with Crippen molar-refractivity contribution in [1.29, 1.82) is 0 Å². The van der Waals surface area contributed by atoms with Crippen molar-refractivity contribution < 1.29 is 9.47 Å². The average Bonchev–Trinajstić information content (AvgIpc) is 2.74. The van der Waals surface area contributed by atoms with Crippen molar-refractivity contribution in [1.82, 2.24) is 9.97 Å². The molecular weight excluding hydrogens is 431 g/mol. The molecule has 0 radical (unpaired) electrons. The van der Waals surface area contributed by atoms with Gasteiger partial charge in [0.1, 0.15) is 0 Å². The summed E-state index contributed by atoms with van der Waals surface area (Å²) < 4.78 is 11.1. The molecule has 0 spiro atoms. The van der Waals surface area contributed by atoms with Crippen LogP contribution in [-0.4, -0.2) is 24.2 Å². The fourth-order valence-corrected chi connectivity index (χ4v) is 3.86. The van der Waals surface area contributed by atoms with Gasteiger partial charge in [0.25, 0.3) is 0 Å². The van der Waals surface area contributed by atoms with Gasteiger partial charge in [-0.1, -0.05) is 25.5 Å². The highest BCUT2D eigenvalue weighted by Crippen LogP contribution is 2.35. The third-order valence-corrected chi connectivity index (χ3v) is 5.33. The molecule has 164 valence electrons. The van der Waals surface area contributed by atoms with Crippen molar-refractivity contribution >= 4 is 46.5 Å². The number of fused-ring (bicyclic) bond motifs is 2. The van der Waals surface area contributed by atoms with E-state index >= 15 is 0 Å². The Morgan fingerprint density at radius 3 is 2.26 bits per heavy atom. The van der Waals surface area contributed by atoms with E-state index < -0.39 is 0 Å². The van der Waals surface area contributed by atoms with Crippen LogP contribution in [0.1, 0.15) is 35.9 Å². The molecule has 0 saturated heterocycles. The lowest BCUT2D eigenvalue weighted by Crippen LogP contribution is -1.99. The van der Waals surface area contributed by atoms with E-state index in [9.17, 15) is 0 Å². The van der Waals surface area contributed by atoms with Crippen LogP contribution >= 0.6 is 24.8 Å². The zero-order valence-electron chi connectivity index (χ0n) is 18.3. The standard InChI is InChI=1S/C25H26N2O2.2ClH/c1-5-6-23-21-14-25(29-4)24(28-3)13-20(21)19(15-26-23)12-17-8-10-22-18(11-17)9-7-16(2)27-22;;/h7-11,13-15H,5-6,12H2,1-4H3;2*1H. The molecule has 4 aromatic rings. The van der Waals surface area contributed by atoms with E-state index in [1.54, 1.807) is 14.2 Å². The average molecular weight is 459 g/mol. The van der Waals surface area contributed by atoms with Crippen LogP contribution in [0.15, 0.2) is 48.7 Å². The number of benzene rings is 2. The minimum Gasteiger partial charge on any atom is -0.493 e. The maximum Gasteiger partial charge on any atom is 0.161 e. The zero-order valence-corrected chi connectivity index (χ0v) is 19.9. The number of rotatable bonds is 6. The Morgan fingerprint density at radius 2 is 1.58 bits per heavy atom. The normalized spacial score (nSPS) is 10.5. The predicted molar refractivity (Wildman–Crippen MR) is 133 cm³/mol. The van der Waals surface area contributed by atoms with Gasteiger partial charge in [-0.3, -0.25) is 9.97 Å². The summed E-state index contributed by atoms with van der Waals surface area (Å²) in [6.45, 7) is 4.19. The number of nitrogens with zero attached hydrogens (tertiary/aromatic N) is 2. The number of aryl methyl sites for hydroxylation is 2. The first-order valence-corrected chi connectivity index (χ1v) is 10.0. The van der Waals surface area contributed by atoms with Crippen LogP contribution < -0.4 is 9.47 Å². The summed E-state index contributed by atoms with van der Waals surface area (Å²) in [5.74, 6) is 1.48. The summed E-state index contributed by atoms with van der Waals surface area (Å²) in [6, 6.07) is 14.8. The van der Waals surface area contributed by atoms with Crippen molar-refractivity contribution in [3.8, 4) is 11.5 Å². The summed E-state index contributed by atoms with van der Waals surface area (Å²) in [5.41, 5.74) is 5.59. The van der Waals surface area contributed by atoms with E-state index in [0.29, 0.717) is 0 Å². The predicted octanol–water partition coefficient (Wildman–Crippen LogP) is 6.50. The molecule has 0 N–H and O–H groups in total. The molecule has 6 heteroatoms. The van der Waals surface area contributed by atoms with E-state index in [2.05, 4.69) is 54.4 Å². The molecule has 4 nitrogen and oxygen atoms in total. The van der Waals surface area contributed by atoms with Gasteiger partial charge in [-0.25, -0.2) is 0 Å². The minimum absolute atomic E-state index is 0.